The van der Waals surface area contributed by atoms with Gasteiger partial charge in [0.1, 0.15) is 0 Å². The molecular weight excluding hydrogens is 258 g/mol. The van der Waals surface area contributed by atoms with Gasteiger partial charge in [-0.2, -0.15) is 0 Å². The summed E-state index contributed by atoms with van der Waals surface area (Å²) in [5, 5.41) is 0. The molecule has 0 saturated heterocycles. The smallest absolute Gasteiger partial charge is 0.339 e. The normalized spacial score (nSPS) is 10.0. The lowest BCUT2D eigenvalue weighted by atomic mass is 10.2. The lowest BCUT2D eigenvalue weighted by Gasteiger charge is -2.04. The third-order valence-electron chi connectivity index (χ3n) is 1.53. The van der Waals surface area contributed by atoms with Gasteiger partial charge in [0.2, 0.25) is 0 Å². The van der Waals surface area contributed by atoms with Gasteiger partial charge in [0, 0.05) is 0 Å². The van der Waals surface area contributed by atoms with Gasteiger partial charge in [-0.3, -0.25) is 0 Å². The first kappa shape index (κ1) is 11.1. The molecule has 0 unspecified atom stereocenters. The molecule has 14 heavy (non-hydrogen) atoms. The van der Waals surface area contributed by atoms with Crippen LogP contribution in [0.1, 0.15) is 17.3 Å². The Balaban J connectivity index is 3.11. The molecule has 0 spiro atoms. The molecule has 0 bridgehead atoms. The zero-order valence-electron chi connectivity index (χ0n) is 7.31. The van der Waals surface area contributed by atoms with E-state index in [1.54, 1.807) is 6.92 Å². The maximum Gasteiger partial charge on any atom is 0.339 e. The summed E-state index contributed by atoms with van der Waals surface area (Å²) < 4.78 is 30.0. The van der Waals surface area contributed by atoms with Crippen LogP contribution in [-0.4, -0.2) is 12.6 Å². The molecule has 1 rings (SSSR count). The topological polar surface area (TPSA) is 26.3 Å². The van der Waals surface area contributed by atoms with Crippen molar-refractivity contribution < 1.29 is 18.3 Å². The van der Waals surface area contributed by atoms with Gasteiger partial charge >= 0.3 is 5.97 Å². The van der Waals surface area contributed by atoms with Crippen molar-refractivity contribution in [1.82, 2.24) is 0 Å². The molecule has 5 heteroatoms. The van der Waals surface area contributed by atoms with Crippen molar-refractivity contribution in [2.24, 2.45) is 0 Å². The standard InChI is InChI=1S/C9H7BrF2O2/c1-2-14-9(13)5-3-4-6(11)8(12)7(5)10/h3-4H,2H2,1H3. The van der Waals surface area contributed by atoms with Gasteiger partial charge in [0.25, 0.3) is 0 Å². The largest absolute Gasteiger partial charge is 0.462 e. The lowest BCUT2D eigenvalue weighted by Crippen LogP contribution is -2.07. The highest BCUT2D eigenvalue weighted by Crippen LogP contribution is 2.23. The minimum Gasteiger partial charge on any atom is -0.462 e. The first-order chi connectivity index (χ1) is 6.57. The van der Waals surface area contributed by atoms with Crippen LogP contribution >= 0.6 is 15.9 Å². The monoisotopic (exact) mass is 264 g/mol. The van der Waals surface area contributed by atoms with Crippen LogP contribution in [0.2, 0.25) is 0 Å². The maximum absolute atomic E-state index is 13.0. The van der Waals surface area contributed by atoms with Crippen molar-refractivity contribution in [1.29, 1.82) is 0 Å². The molecule has 1 aromatic carbocycles. The molecule has 1 aromatic rings. The van der Waals surface area contributed by atoms with Crippen molar-refractivity contribution in [2.75, 3.05) is 6.61 Å². The van der Waals surface area contributed by atoms with Crippen molar-refractivity contribution in [3.05, 3.63) is 33.8 Å². The highest BCUT2D eigenvalue weighted by atomic mass is 79.9. The number of esters is 1. The second-order valence-electron chi connectivity index (χ2n) is 2.44. The molecule has 0 aromatic heterocycles. The highest BCUT2D eigenvalue weighted by Gasteiger charge is 2.17. The number of benzene rings is 1. The van der Waals surface area contributed by atoms with Crippen LogP contribution < -0.4 is 0 Å². The summed E-state index contributed by atoms with van der Waals surface area (Å²) in [6.07, 6.45) is 0. The van der Waals surface area contributed by atoms with E-state index < -0.39 is 17.6 Å². The van der Waals surface area contributed by atoms with Gasteiger partial charge in [-0.15, -0.1) is 0 Å². The van der Waals surface area contributed by atoms with E-state index in [-0.39, 0.29) is 16.6 Å². The minimum atomic E-state index is -1.09. The molecule has 0 atom stereocenters. The summed E-state index contributed by atoms with van der Waals surface area (Å²) >= 11 is 2.79. The molecule has 0 radical (unpaired) electrons. The first-order valence-electron chi connectivity index (χ1n) is 3.88. The number of halogens is 3. The first-order valence-corrected chi connectivity index (χ1v) is 4.67. The molecule has 0 heterocycles. The molecule has 0 aliphatic carbocycles. The average molecular weight is 265 g/mol. The van der Waals surface area contributed by atoms with E-state index in [1.165, 1.54) is 6.07 Å². The quantitative estimate of drug-likeness (QED) is 0.607. The summed E-state index contributed by atoms with van der Waals surface area (Å²) in [4.78, 5) is 11.2. The molecular formula is C9H7BrF2O2. The van der Waals surface area contributed by atoms with Crippen LogP contribution in [-0.2, 0) is 4.74 Å². The second-order valence-corrected chi connectivity index (χ2v) is 3.24. The minimum absolute atomic E-state index is 0.0225. The Morgan fingerprint density at radius 2 is 2.14 bits per heavy atom. The van der Waals surface area contributed by atoms with Crippen LogP contribution in [0.5, 0.6) is 0 Å². The number of hydrogen-bond donors (Lipinski definition) is 0. The molecule has 0 N–H and O–H groups in total. The summed E-state index contributed by atoms with van der Waals surface area (Å²) in [6, 6.07) is 2.05. The SMILES string of the molecule is CCOC(=O)c1ccc(F)c(F)c1Br. The van der Waals surface area contributed by atoms with Crippen LogP contribution in [0.4, 0.5) is 8.78 Å². The van der Waals surface area contributed by atoms with Crippen molar-refractivity contribution in [2.45, 2.75) is 6.92 Å². The van der Waals surface area contributed by atoms with Crippen molar-refractivity contribution >= 4 is 21.9 Å². The molecule has 0 fully saturated rings. The van der Waals surface area contributed by atoms with E-state index in [2.05, 4.69) is 20.7 Å². The predicted octanol–water partition coefficient (Wildman–Crippen LogP) is 2.90. The van der Waals surface area contributed by atoms with Crippen LogP contribution in [0, 0.1) is 11.6 Å². The van der Waals surface area contributed by atoms with Crippen LogP contribution in [0.25, 0.3) is 0 Å². The van der Waals surface area contributed by atoms with E-state index >= 15 is 0 Å². The number of hydrogen-bond acceptors (Lipinski definition) is 2. The molecule has 0 saturated carbocycles. The Morgan fingerprint density at radius 3 is 2.71 bits per heavy atom. The molecule has 76 valence electrons. The van der Waals surface area contributed by atoms with Crippen molar-refractivity contribution in [3.63, 3.8) is 0 Å². The highest BCUT2D eigenvalue weighted by molar-refractivity contribution is 9.10. The fourth-order valence-corrected chi connectivity index (χ4v) is 1.38. The Kier molecular flexibility index (Phi) is 3.57. The number of carbonyl (C=O) groups excluding carboxylic acids is 1. The molecule has 0 aliphatic rings. The number of ether oxygens (including phenoxy) is 1. The second kappa shape index (κ2) is 4.50. The Labute approximate surface area is 88.0 Å². The van der Waals surface area contributed by atoms with E-state index in [4.69, 9.17) is 0 Å². The van der Waals surface area contributed by atoms with Crippen LogP contribution in [0.3, 0.4) is 0 Å². The van der Waals surface area contributed by atoms with Gasteiger partial charge in [-0.05, 0) is 35.0 Å². The van der Waals surface area contributed by atoms with Crippen molar-refractivity contribution in [3.8, 4) is 0 Å². The fourth-order valence-electron chi connectivity index (χ4n) is 0.892. The molecule has 0 amide bonds. The van der Waals surface area contributed by atoms with E-state index in [0.29, 0.717) is 0 Å². The van der Waals surface area contributed by atoms with Gasteiger partial charge < -0.3 is 4.74 Å². The third-order valence-corrected chi connectivity index (χ3v) is 2.31. The van der Waals surface area contributed by atoms with E-state index in [0.717, 1.165) is 6.07 Å². The zero-order chi connectivity index (χ0) is 10.7. The predicted molar refractivity (Wildman–Crippen MR) is 50.0 cm³/mol. The maximum atomic E-state index is 13.0. The lowest BCUT2D eigenvalue weighted by molar-refractivity contribution is 0.0524. The number of rotatable bonds is 2. The Hall–Kier alpha value is -0.970. The fraction of sp³-hybridized carbons (Fsp3) is 0.222. The zero-order valence-corrected chi connectivity index (χ0v) is 8.90. The van der Waals surface area contributed by atoms with E-state index in [9.17, 15) is 13.6 Å². The Morgan fingerprint density at radius 1 is 1.50 bits per heavy atom. The summed E-state index contributed by atoms with van der Waals surface area (Å²) in [6.45, 7) is 1.82. The Bertz CT molecular complexity index is 366. The number of carbonyl (C=O) groups is 1. The average Bonchev–Trinajstić information content (AvgIpc) is 2.15. The summed E-state index contributed by atoms with van der Waals surface area (Å²) in [5.41, 5.74) is -0.0225. The van der Waals surface area contributed by atoms with Crippen LogP contribution in [0.15, 0.2) is 16.6 Å². The van der Waals surface area contributed by atoms with Gasteiger partial charge in [-0.25, -0.2) is 13.6 Å². The van der Waals surface area contributed by atoms with Gasteiger partial charge in [-0.1, -0.05) is 0 Å². The summed E-state index contributed by atoms with van der Waals surface area (Å²) in [7, 11) is 0. The van der Waals surface area contributed by atoms with Gasteiger partial charge in [0.15, 0.2) is 11.6 Å². The molecule has 0 aliphatic heterocycles. The summed E-state index contributed by atoms with van der Waals surface area (Å²) in [5.74, 6) is -2.78. The third kappa shape index (κ3) is 2.09. The molecule has 2 nitrogen and oxygen atoms in total. The van der Waals surface area contributed by atoms with E-state index in [1.807, 2.05) is 0 Å². The van der Waals surface area contributed by atoms with Gasteiger partial charge in [0.05, 0.1) is 16.6 Å².